The molecule has 1 aliphatic heterocycles. The van der Waals surface area contributed by atoms with Crippen molar-refractivity contribution in [3.8, 4) is 5.88 Å². The number of carbonyl (C=O) groups excluding carboxylic acids is 1. The Morgan fingerprint density at radius 1 is 1.24 bits per heavy atom. The second-order valence-corrected chi connectivity index (χ2v) is 7.68. The summed E-state index contributed by atoms with van der Waals surface area (Å²) in [4.78, 5) is 17.6. The number of nitrogens with zero attached hydrogens (tertiary/aromatic N) is 1. The lowest BCUT2D eigenvalue weighted by Gasteiger charge is -2.32. The van der Waals surface area contributed by atoms with Gasteiger partial charge >= 0.3 is 5.97 Å². The van der Waals surface area contributed by atoms with Gasteiger partial charge in [0.15, 0.2) is 0 Å². The number of aromatic nitrogens is 1. The van der Waals surface area contributed by atoms with E-state index in [4.69, 9.17) is 31.5 Å². The van der Waals surface area contributed by atoms with Gasteiger partial charge in [0.25, 0.3) is 0 Å². The highest BCUT2D eigenvalue weighted by atomic mass is 35.5. The van der Waals surface area contributed by atoms with Crippen molar-refractivity contribution < 1.29 is 19.0 Å². The van der Waals surface area contributed by atoms with Crippen LogP contribution < -0.4 is 15.8 Å². The predicted molar refractivity (Wildman–Crippen MR) is 135 cm³/mol. The van der Waals surface area contributed by atoms with Gasteiger partial charge in [-0.1, -0.05) is 29.8 Å². The maximum absolute atomic E-state index is 13.2. The molecule has 0 radical (unpaired) electrons. The normalized spacial score (nSPS) is 14.5. The lowest BCUT2D eigenvalue weighted by molar-refractivity contribution is -0.138. The molecular formula is C23H30Cl3N3O4. The first-order valence-electron chi connectivity index (χ1n) is 10.3. The van der Waals surface area contributed by atoms with Crippen LogP contribution in [-0.4, -0.2) is 43.4 Å². The highest BCUT2D eigenvalue weighted by Gasteiger charge is 2.38. The summed E-state index contributed by atoms with van der Waals surface area (Å²) < 4.78 is 17.1. The molecule has 10 heteroatoms. The summed E-state index contributed by atoms with van der Waals surface area (Å²) in [5, 5.41) is 3.86. The molecule has 1 aliphatic rings. The molecule has 1 aromatic carbocycles. The minimum atomic E-state index is -0.539. The van der Waals surface area contributed by atoms with E-state index in [-0.39, 0.29) is 44.1 Å². The summed E-state index contributed by atoms with van der Waals surface area (Å²) in [6.45, 7) is 6.78. The van der Waals surface area contributed by atoms with Crippen molar-refractivity contribution in [2.75, 3.05) is 31.7 Å². The summed E-state index contributed by atoms with van der Waals surface area (Å²) in [7, 11) is 0. The molecule has 3 N–H and O–H groups in total. The molecule has 0 spiro atoms. The van der Waals surface area contributed by atoms with Gasteiger partial charge in [-0.15, -0.1) is 24.8 Å². The summed E-state index contributed by atoms with van der Waals surface area (Å²) in [5.41, 5.74) is 8.85. The quantitative estimate of drug-likeness (QED) is 0.366. The zero-order chi connectivity index (χ0) is 22.4. The largest absolute Gasteiger partial charge is 0.475 e. The van der Waals surface area contributed by atoms with Gasteiger partial charge in [0.05, 0.1) is 48.7 Å². The van der Waals surface area contributed by atoms with Crippen LogP contribution in [0.3, 0.4) is 0 Å². The Labute approximate surface area is 211 Å². The van der Waals surface area contributed by atoms with Crippen LogP contribution in [0.1, 0.15) is 37.8 Å². The molecule has 0 fully saturated rings. The third-order valence-corrected chi connectivity index (χ3v) is 5.05. The standard InChI is InChI=1S/C23H28ClN3O4.2ClH/c1-4-30-23(28)21-18(13-29-12-10-25)27-17-9-11-26-22(31-14(2)3)20(17)19(21)15-7-5-6-8-16(15)24;;/h5-9,11,14,19,27H,4,10,12-13,25H2,1-3H3;2*1H. The molecule has 1 aromatic heterocycles. The second-order valence-electron chi connectivity index (χ2n) is 7.28. The Balaban J connectivity index is 0.00000272. The van der Waals surface area contributed by atoms with Crippen molar-refractivity contribution in [1.82, 2.24) is 4.98 Å². The molecular weight excluding hydrogens is 489 g/mol. The van der Waals surface area contributed by atoms with Crippen LogP contribution >= 0.6 is 36.4 Å². The van der Waals surface area contributed by atoms with Crippen LogP contribution in [0.25, 0.3) is 0 Å². The van der Waals surface area contributed by atoms with E-state index < -0.39 is 11.9 Å². The molecule has 1 unspecified atom stereocenters. The van der Waals surface area contributed by atoms with Gasteiger partial charge in [-0.2, -0.15) is 0 Å². The maximum atomic E-state index is 13.2. The van der Waals surface area contributed by atoms with Gasteiger partial charge in [-0.05, 0) is 38.5 Å². The fourth-order valence-corrected chi connectivity index (χ4v) is 3.79. The van der Waals surface area contributed by atoms with Crippen LogP contribution in [0.5, 0.6) is 5.88 Å². The number of benzene rings is 1. The van der Waals surface area contributed by atoms with E-state index in [9.17, 15) is 4.79 Å². The van der Waals surface area contributed by atoms with Gasteiger partial charge in [-0.25, -0.2) is 9.78 Å². The summed E-state index contributed by atoms with van der Waals surface area (Å²) in [6.07, 6.45) is 1.57. The lowest BCUT2D eigenvalue weighted by atomic mass is 9.81. The van der Waals surface area contributed by atoms with Crippen molar-refractivity contribution in [2.45, 2.75) is 32.8 Å². The topological polar surface area (TPSA) is 95.7 Å². The minimum Gasteiger partial charge on any atom is -0.475 e. The Hall–Kier alpha value is -2.03. The van der Waals surface area contributed by atoms with Crippen molar-refractivity contribution >= 4 is 48.1 Å². The molecule has 0 saturated heterocycles. The smallest absolute Gasteiger partial charge is 0.336 e. The van der Waals surface area contributed by atoms with E-state index >= 15 is 0 Å². The number of carbonyl (C=O) groups is 1. The number of hydrogen-bond donors (Lipinski definition) is 2. The SMILES string of the molecule is CCOC(=O)C1=C(COCCN)Nc2ccnc(OC(C)C)c2C1c1ccccc1Cl.Cl.Cl. The first-order valence-corrected chi connectivity index (χ1v) is 10.7. The number of halogens is 3. The number of esters is 1. The van der Waals surface area contributed by atoms with Gasteiger partial charge in [0, 0.05) is 23.5 Å². The van der Waals surface area contributed by atoms with Crippen LogP contribution in [0, 0.1) is 0 Å². The number of hydrogen-bond acceptors (Lipinski definition) is 7. The van der Waals surface area contributed by atoms with Crippen LogP contribution in [-0.2, 0) is 14.3 Å². The Morgan fingerprint density at radius 3 is 2.61 bits per heavy atom. The molecule has 2 aromatic rings. The molecule has 0 bridgehead atoms. The summed E-state index contributed by atoms with van der Waals surface area (Å²) >= 11 is 6.60. The zero-order valence-electron chi connectivity index (χ0n) is 18.8. The van der Waals surface area contributed by atoms with E-state index in [0.717, 1.165) is 16.8 Å². The highest BCUT2D eigenvalue weighted by Crippen LogP contribution is 2.47. The Bertz CT molecular complexity index is 970. The fourth-order valence-electron chi connectivity index (χ4n) is 3.55. The Kier molecular flexibility index (Phi) is 12.0. The molecule has 0 amide bonds. The molecule has 3 rings (SSSR count). The van der Waals surface area contributed by atoms with Gasteiger partial charge in [0.2, 0.25) is 5.88 Å². The average molecular weight is 519 g/mol. The summed E-state index contributed by atoms with van der Waals surface area (Å²) in [5.74, 6) is -0.548. The molecule has 33 heavy (non-hydrogen) atoms. The van der Waals surface area contributed by atoms with E-state index in [1.807, 2.05) is 38.1 Å². The van der Waals surface area contributed by atoms with Gasteiger partial charge < -0.3 is 25.3 Å². The first kappa shape index (κ1) is 29.0. The van der Waals surface area contributed by atoms with Crippen molar-refractivity contribution in [1.29, 1.82) is 0 Å². The number of pyridine rings is 1. The van der Waals surface area contributed by atoms with Crippen LogP contribution in [0.15, 0.2) is 47.8 Å². The predicted octanol–water partition coefficient (Wildman–Crippen LogP) is 4.72. The van der Waals surface area contributed by atoms with E-state index in [1.54, 1.807) is 19.2 Å². The van der Waals surface area contributed by atoms with Crippen molar-refractivity contribution in [3.05, 3.63) is 63.9 Å². The number of anilines is 1. The molecule has 0 saturated carbocycles. The van der Waals surface area contributed by atoms with E-state index in [1.165, 1.54) is 0 Å². The molecule has 2 heterocycles. The molecule has 182 valence electrons. The van der Waals surface area contributed by atoms with E-state index in [2.05, 4.69) is 10.3 Å². The average Bonchev–Trinajstić information content (AvgIpc) is 2.73. The Morgan fingerprint density at radius 2 is 1.97 bits per heavy atom. The van der Waals surface area contributed by atoms with Gasteiger partial charge in [-0.3, -0.25) is 0 Å². The molecule has 1 atom stereocenters. The van der Waals surface area contributed by atoms with Crippen molar-refractivity contribution in [2.24, 2.45) is 5.73 Å². The second kappa shape index (κ2) is 13.6. The van der Waals surface area contributed by atoms with Gasteiger partial charge in [0.1, 0.15) is 0 Å². The maximum Gasteiger partial charge on any atom is 0.336 e. The first-order chi connectivity index (χ1) is 15.0. The lowest BCUT2D eigenvalue weighted by Crippen LogP contribution is -2.29. The summed E-state index contributed by atoms with van der Waals surface area (Å²) in [6, 6.07) is 9.27. The molecule has 0 aliphatic carbocycles. The fraction of sp³-hybridized carbons (Fsp3) is 0.391. The highest BCUT2D eigenvalue weighted by molar-refractivity contribution is 6.31. The zero-order valence-corrected chi connectivity index (χ0v) is 21.2. The van der Waals surface area contributed by atoms with Crippen molar-refractivity contribution in [3.63, 3.8) is 0 Å². The number of nitrogens with two attached hydrogens (primary N) is 1. The number of nitrogens with one attached hydrogen (secondary N) is 1. The molecule has 7 nitrogen and oxygen atoms in total. The van der Waals surface area contributed by atoms with Crippen LogP contribution in [0.4, 0.5) is 5.69 Å². The monoisotopic (exact) mass is 517 g/mol. The number of ether oxygens (including phenoxy) is 3. The third-order valence-electron chi connectivity index (χ3n) is 4.71. The number of fused-ring (bicyclic) bond motifs is 1. The van der Waals surface area contributed by atoms with E-state index in [0.29, 0.717) is 35.3 Å². The number of rotatable bonds is 9. The van der Waals surface area contributed by atoms with Crippen LogP contribution in [0.2, 0.25) is 5.02 Å². The third kappa shape index (κ3) is 6.74. The minimum absolute atomic E-state index is 0.